The molecule has 16 heteroatoms. The fraction of sp³-hybridized carbons (Fsp3) is 0.333. The van der Waals surface area contributed by atoms with E-state index < -0.39 is 43.0 Å². The summed E-state index contributed by atoms with van der Waals surface area (Å²) in [6.45, 7) is 0. The summed E-state index contributed by atoms with van der Waals surface area (Å²) in [6, 6.07) is 0. The third kappa shape index (κ3) is 10.3. The molecule has 22 heavy (non-hydrogen) atoms. The van der Waals surface area contributed by atoms with Crippen LogP contribution in [0.15, 0.2) is 0 Å². The molecule has 0 saturated carbocycles. The van der Waals surface area contributed by atoms with Gasteiger partial charge >= 0.3 is 43.0 Å². The van der Waals surface area contributed by atoms with E-state index in [1.807, 2.05) is 0 Å². The first kappa shape index (κ1) is 24.6. The number of carboxylic acid groups (broad SMARTS) is 4. The number of carbonyl (C=O) groups is 4. The van der Waals surface area contributed by atoms with Gasteiger partial charge in [-0.15, -0.1) is 0 Å². The van der Waals surface area contributed by atoms with Crippen molar-refractivity contribution in [1.82, 2.24) is 0 Å². The van der Waals surface area contributed by atoms with E-state index in [4.69, 9.17) is 35.5 Å². The second-order valence-electron chi connectivity index (χ2n) is 2.72. The standard InChI is InChI=1S/2C3H2F2O4.BH3O3/c2*4-3(5,1(6)7)2(8)9;2-1(3)4/h2*(H,6,7)(H,8,9);2-4H. The van der Waals surface area contributed by atoms with Crippen LogP contribution in [-0.4, -0.2) is 78.5 Å². The van der Waals surface area contributed by atoms with Crippen LogP contribution in [0.25, 0.3) is 0 Å². The van der Waals surface area contributed by atoms with Gasteiger partial charge in [0.15, 0.2) is 0 Å². The van der Waals surface area contributed by atoms with Crippen molar-refractivity contribution < 1.29 is 72.2 Å². The zero-order chi connectivity index (χ0) is 18.9. The lowest BCUT2D eigenvalue weighted by molar-refractivity contribution is -0.183. The molecule has 0 radical (unpaired) electrons. The van der Waals surface area contributed by atoms with Crippen molar-refractivity contribution in [3.8, 4) is 0 Å². The first-order valence-corrected chi connectivity index (χ1v) is 4.24. The highest BCUT2D eigenvalue weighted by molar-refractivity contribution is 6.30. The average Bonchev–Trinajstić information content (AvgIpc) is 2.27. The minimum absolute atomic E-state index is 2.17. The highest BCUT2D eigenvalue weighted by Gasteiger charge is 2.48. The summed E-state index contributed by atoms with van der Waals surface area (Å²) in [5, 5.41) is 51.4. The molecule has 11 nitrogen and oxygen atoms in total. The van der Waals surface area contributed by atoms with Crippen LogP contribution in [0.2, 0.25) is 0 Å². The van der Waals surface area contributed by atoms with Gasteiger partial charge in [-0.3, -0.25) is 0 Å². The summed E-state index contributed by atoms with van der Waals surface area (Å²) >= 11 is 0. The Bertz CT molecular complexity index is 352. The summed E-state index contributed by atoms with van der Waals surface area (Å²) in [5.74, 6) is -20.0. The van der Waals surface area contributed by atoms with Gasteiger partial charge in [-0.2, -0.15) is 17.6 Å². The molecule has 0 aromatic carbocycles. The van der Waals surface area contributed by atoms with E-state index in [1.165, 1.54) is 0 Å². The van der Waals surface area contributed by atoms with Crippen molar-refractivity contribution in [1.29, 1.82) is 0 Å². The van der Waals surface area contributed by atoms with Crippen LogP contribution in [-0.2, 0) is 19.2 Å². The van der Waals surface area contributed by atoms with Gasteiger partial charge in [-0.1, -0.05) is 0 Å². The molecule has 0 spiro atoms. The average molecular weight is 342 g/mol. The fourth-order valence-corrected chi connectivity index (χ4v) is 0.183. The Labute approximate surface area is 116 Å². The summed E-state index contributed by atoms with van der Waals surface area (Å²) in [4.78, 5) is 37.3. The highest BCUT2D eigenvalue weighted by atomic mass is 19.3. The van der Waals surface area contributed by atoms with E-state index in [-0.39, 0.29) is 0 Å². The molecule has 0 heterocycles. The molecular weight excluding hydrogens is 335 g/mol. The van der Waals surface area contributed by atoms with Crippen LogP contribution in [0.4, 0.5) is 17.6 Å². The smallest absolute Gasteiger partial charge is 0.476 e. The minimum atomic E-state index is -4.67. The zero-order valence-electron chi connectivity index (χ0n) is 9.85. The lowest BCUT2D eigenvalue weighted by atomic mass is 10.3. The second kappa shape index (κ2) is 9.48. The van der Waals surface area contributed by atoms with E-state index in [0.29, 0.717) is 0 Å². The van der Waals surface area contributed by atoms with E-state index in [9.17, 15) is 36.7 Å². The molecule has 0 aliphatic heterocycles. The molecule has 0 amide bonds. The molecule has 0 aliphatic carbocycles. The highest BCUT2D eigenvalue weighted by Crippen LogP contribution is 2.12. The molecule has 0 aromatic heterocycles. The fourth-order valence-electron chi connectivity index (χ4n) is 0.183. The first-order chi connectivity index (χ1) is 9.51. The molecule has 0 aromatic rings. The molecule has 7 N–H and O–H groups in total. The first-order valence-electron chi connectivity index (χ1n) is 4.24. The van der Waals surface area contributed by atoms with Gasteiger partial charge in [0.25, 0.3) is 0 Å². The van der Waals surface area contributed by atoms with E-state index >= 15 is 0 Å². The molecule has 128 valence electrons. The summed E-state index contributed by atoms with van der Waals surface area (Å²) in [6.07, 6.45) is 0. The van der Waals surface area contributed by atoms with E-state index in [2.05, 4.69) is 0 Å². The van der Waals surface area contributed by atoms with Crippen LogP contribution in [0.1, 0.15) is 0 Å². The third-order valence-corrected chi connectivity index (χ3v) is 1.07. The van der Waals surface area contributed by atoms with Crippen LogP contribution < -0.4 is 0 Å². The van der Waals surface area contributed by atoms with Gasteiger partial charge in [0.05, 0.1) is 0 Å². The van der Waals surface area contributed by atoms with Gasteiger partial charge in [-0.05, 0) is 0 Å². The number of hydrogen-bond acceptors (Lipinski definition) is 7. The van der Waals surface area contributed by atoms with Crippen molar-refractivity contribution in [3.63, 3.8) is 0 Å². The van der Waals surface area contributed by atoms with Crippen molar-refractivity contribution in [3.05, 3.63) is 0 Å². The zero-order valence-corrected chi connectivity index (χ0v) is 9.85. The van der Waals surface area contributed by atoms with Crippen LogP contribution in [0.5, 0.6) is 0 Å². The predicted molar refractivity (Wildman–Crippen MR) is 52.8 cm³/mol. The Morgan fingerprint density at radius 2 is 0.682 bits per heavy atom. The van der Waals surface area contributed by atoms with E-state index in [0.717, 1.165) is 0 Å². The van der Waals surface area contributed by atoms with Crippen molar-refractivity contribution in [2.24, 2.45) is 0 Å². The largest absolute Gasteiger partial charge is 0.631 e. The Kier molecular flexibility index (Phi) is 10.6. The van der Waals surface area contributed by atoms with Gasteiger partial charge in [0.1, 0.15) is 0 Å². The number of alkyl halides is 4. The second-order valence-corrected chi connectivity index (χ2v) is 2.72. The van der Waals surface area contributed by atoms with Gasteiger partial charge < -0.3 is 35.5 Å². The van der Waals surface area contributed by atoms with Crippen molar-refractivity contribution in [2.45, 2.75) is 11.8 Å². The Morgan fingerprint density at radius 3 is 0.682 bits per heavy atom. The van der Waals surface area contributed by atoms with Crippen LogP contribution in [0, 0.1) is 0 Å². The number of halogens is 4. The lowest BCUT2D eigenvalue weighted by Crippen LogP contribution is -2.37. The van der Waals surface area contributed by atoms with Gasteiger partial charge in [0.2, 0.25) is 0 Å². The number of hydrogen-bond donors (Lipinski definition) is 7. The Morgan fingerprint density at radius 1 is 0.591 bits per heavy atom. The summed E-state index contributed by atoms with van der Waals surface area (Å²) < 4.78 is 45.9. The van der Waals surface area contributed by atoms with Crippen LogP contribution in [0.3, 0.4) is 0 Å². The Hall–Kier alpha value is -2.46. The topological polar surface area (TPSA) is 210 Å². The van der Waals surface area contributed by atoms with Gasteiger partial charge in [0, 0.05) is 0 Å². The normalized spacial score (nSPS) is 10.1. The Balaban J connectivity index is -0.000000266. The van der Waals surface area contributed by atoms with Crippen molar-refractivity contribution in [2.75, 3.05) is 0 Å². The molecule has 0 unspecified atom stereocenters. The van der Waals surface area contributed by atoms with Crippen molar-refractivity contribution >= 4 is 31.2 Å². The summed E-state index contributed by atoms with van der Waals surface area (Å²) in [7, 11) is -2.17. The molecule has 0 rings (SSSR count). The number of rotatable bonds is 4. The molecule has 0 atom stereocenters. The minimum Gasteiger partial charge on any atom is -0.476 e. The quantitative estimate of drug-likeness (QED) is 0.162. The lowest BCUT2D eigenvalue weighted by Gasteiger charge is -2.01. The monoisotopic (exact) mass is 342 g/mol. The predicted octanol–water partition coefficient (Wildman–Crippen LogP) is -2.47. The number of carboxylic acids is 4. The summed E-state index contributed by atoms with van der Waals surface area (Å²) in [5.41, 5.74) is 0. The molecule has 0 fully saturated rings. The maximum atomic E-state index is 11.5. The number of aliphatic carboxylic acids is 4. The van der Waals surface area contributed by atoms with Crippen LogP contribution >= 0.6 is 0 Å². The maximum absolute atomic E-state index is 11.5. The SMILES string of the molecule is O=C(O)C(F)(F)C(=O)O.O=C(O)C(F)(F)C(=O)O.OB(O)O. The molecular formula is C6H7BF4O11. The molecule has 0 saturated heterocycles. The third-order valence-electron chi connectivity index (χ3n) is 1.07. The van der Waals surface area contributed by atoms with E-state index in [1.54, 1.807) is 0 Å². The maximum Gasteiger partial charge on any atom is 0.631 e. The molecule has 0 aliphatic rings. The van der Waals surface area contributed by atoms with Gasteiger partial charge in [-0.25, -0.2) is 19.2 Å². The molecule has 0 bridgehead atoms.